The van der Waals surface area contributed by atoms with Crippen LogP contribution in [-0.2, 0) is 9.84 Å². The molecule has 0 saturated carbocycles. The predicted molar refractivity (Wildman–Crippen MR) is 138 cm³/mol. The van der Waals surface area contributed by atoms with E-state index < -0.39 is 20.7 Å². The summed E-state index contributed by atoms with van der Waals surface area (Å²) < 4.78 is 32.4. The molecule has 35 heavy (non-hydrogen) atoms. The number of sulfone groups is 1. The van der Waals surface area contributed by atoms with Crippen molar-refractivity contribution in [2.45, 2.75) is 37.5 Å². The zero-order valence-electron chi connectivity index (χ0n) is 19.5. The van der Waals surface area contributed by atoms with E-state index in [0.29, 0.717) is 23.1 Å². The number of carbonyl (C=O) groups is 1. The van der Waals surface area contributed by atoms with Crippen LogP contribution in [0.2, 0.25) is 0 Å². The molecule has 0 fully saturated rings. The van der Waals surface area contributed by atoms with Gasteiger partial charge in [-0.3, -0.25) is 4.79 Å². The molecule has 0 heterocycles. The van der Waals surface area contributed by atoms with E-state index in [2.05, 4.69) is 11.7 Å². The molecule has 0 bridgehead atoms. The molecule has 4 rings (SSSR count). The lowest BCUT2D eigenvalue weighted by molar-refractivity contribution is -0.00156. The summed E-state index contributed by atoms with van der Waals surface area (Å²) in [6.07, 6.45) is 4.45. The van der Waals surface area contributed by atoms with Crippen LogP contribution in [0.15, 0.2) is 83.8 Å². The Balaban J connectivity index is 1.61. The third-order valence-corrected chi connectivity index (χ3v) is 7.58. The number of unbranched alkanes of at least 4 members (excludes halogenated alkanes) is 3. The molecule has 0 unspecified atom stereocenters. The highest BCUT2D eigenvalue weighted by Gasteiger charge is 2.38. The van der Waals surface area contributed by atoms with Crippen LogP contribution < -0.4 is 4.74 Å². The van der Waals surface area contributed by atoms with Crippen LogP contribution in [0.25, 0.3) is 27.1 Å². The van der Waals surface area contributed by atoms with Crippen LogP contribution in [0.4, 0.5) is 0 Å². The van der Waals surface area contributed by atoms with E-state index in [1.807, 2.05) is 24.3 Å². The zero-order chi connectivity index (χ0) is 24.8. The number of rotatable bonds is 9. The third-order valence-electron chi connectivity index (χ3n) is 5.93. The SMILES string of the molecule is CCCCCCOc1ccc2cc(S(=O)(=O)C(=[N+]=[N-])C(=O)c3cccc4ccccc34)ccc2c1. The summed E-state index contributed by atoms with van der Waals surface area (Å²) in [5, 5.41) is 1.91. The van der Waals surface area contributed by atoms with Gasteiger partial charge in [0.1, 0.15) is 5.75 Å². The number of Topliss-reactive ketones (excluding diaryl/α,β-unsaturated/α-hetero) is 1. The van der Waals surface area contributed by atoms with E-state index in [0.717, 1.165) is 30.0 Å². The van der Waals surface area contributed by atoms with Crippen molar-refractivity contribution in [3.63, 3.8) is 0 Å². The van der Waals surface area contributed by atoms with E-state index in [-0.39, 0.29) is 10.5 Å². The minimum absolute atomic E-state index is 0.125. The zero-order valence-corrected chi connectivity index (χ0v) is 20.3. The summed E-state index contributed by atoms with van der Waals surface area (Å²) in [4.78, 5) is 16.0. The number of benzene rings is 4. The second-order valence-corrected chi connectivity index (χ2v) is 10.2. The molecule has 6 nitrogen and oxygen atoms in total. The lowest BCUT2D eigenvalue weighted by Crippen LogP contribution is -2.26. The fourth-order valence-electron chi connectivity index (χ4n) is 4.05. The summed E-state index contributed by atoms with van der Waals surface area (Å²) in [6.45, 7) is 2.79. The first-order valence-corrected chi connectivity index (χ1v) is 13.1. The summed E-state index contributed by atoms with van der Waals surface area (Å²) in [6, 6.07) is 22.1. The van der Waals surface area contributed by atoms with Gasteiger partial charge in [0.25, 0.3) is 15.6 Å². The maximum Gasteiger partial charge on any atom is 0.456 e. The Kier molecular flexibility index (Phi) is 7.39. The van der Waals surface area contributed by atoms with Crippen LogP contribution in [0.5, 0.6) is 5.75 Å². The fraction of sp³-hybridized carbons (Fsp3) is 0.214. The molecule has 0 amide bonds. The Hall–Kier alpha value is -3.80. The van der Waals surface area contributed by atoms with Crippen LogP contribution in [0.3, 0.4) is 0 Å². The van der Waals surface area contributed by atoms with Crippen molar-refractivity contribution in [1.29, 1.82) is 0 Å². The van der Waals surface area contributed by atoms with Crippen molar-refractivity contribution >= 4 is 42.2 Å². The molecule has 0 atom stereocenters. The van der Waals surface area contributed by atoms with E-state index in [1.165, 1.54) is 24.6 Å². The number of fused-ring (bicyclic) bond motifs is 2. The second-order valence-electron chi connectivity index (χ2n) is 8.34. The van der Waals surface area contributed by atoms with E-state index in [4.69, 9.17) is 4.74 Å². The van der Waals surface area contributed by atoms with Crippen LogP contribution in [-0.4, -0.2) is 30.6 Å². The summed E-state index contributed by atoms with van der Waals surface area (Å²) in [5.74, 6) is -0.149. The van der Waals surface area contributed by atoms with Crippen molar-refractivity contribution in [3.05, 3.63) is 90.0 Å². The normalized spacial score (nSPS) is 11.3. The molecule has 0 spiro atoms. The molecule has 178 valence electrons. The molecular weight excluding hydrogens is 460 g/mol. The monoisotopic (exact) mass is 486 g/mol. The molecule has 0 aliphatic rings. The first-order valence-electron chi connectivity index (χ1n) is 11.6. The van der Waals surface area contributed by atoms with Gasteiger partial charge in [-0.1, -0.05) is 80.8 Å². The molecule has 0 aliphatic heterocycles. The molecular formula is C28H26N2O4S. The number of ketones is 1. The van der Waals surface area contributed by atoms with Crippen molar-refractivity contribution in [1.82, 2.24) is 0 Å². The first kappa shape index (κ1) is 24.3. The van der Waals surface area contributed by atoms with Gasteiger partial charge in [-0.2, -0.15) is 0 Å². The standard InChI is InChI=1S/C28H26N2O4S/c1-2-3-4-7-17-34-23-15-13-22-19-24(16-14-21(22)18-23)35(32,33)28(30-29)27(31)26-12-8-10-20-9-5-6-11-25(20)26/h5-6,8-16,18-19H,2-4,7,17H2,1H3. The maximum absolute atomic E-state index is 13.3. The van der Waals surface area contributed by atoms with Crippen molar-refractivity contribution in [3.8, 4) is 5.75 Å². The van der Waals surface area contributed by atoms with Gasteiger partial charge in [-0.05, 0) is 52.2 Å². The van der Waals surface area contributed by atoms with Gasteiger partial charge in [-0.25, -0.2) is 8.42 Å². The van der Waals surface area contributed by atoms with Gasteiger partial charge >= 0.3 is 5.04 Å². The highest BCUT2D eigenvalue weighted by molar-refractivity contribution is 8.08. The molecule has 0 radical (unpaired) electrons. The number of hydrogen-bond acceptors (Lipinski definition) is 4. The van der Waals surface area contributed by atoms with Gasteiger partial charge in [0.2, 0.25) is 0 Å². The first-order chi connectivity index (χ1) is 17.0. The Labute approximate surface area is 204 Å². The number of nitrogens with zero attached hydrogens (tertiary/aromatic N) is 2. The lowest BCUT2D eigenvalue weighted by Gasteiger charge is -2.08. The average molecular weight is 487 g/mol. The van der Waals surface area contributed by atoms with Gasteiger partial charge in [-0.15, -0.1) is 4.79 Å². The van der Waals surface area contributed by atoms with Gasteiger partial charge < -0.3 is 10.3 Å². The molecule has 0 N–H and O–H groups in total. The van der Waals surface area contributed by atoms with Crippen molar-refractivity contribution < 1.29 is 22.7 Å². The molecule has 4 aromatic carbocycles. The highest BCUT2D eigenvalue weighted by Crippen LogP contribution is 2.26. The Morgan fingerprint density at radius 1 is 0.857 bits per heavy atom. The number of carbonyl (C=O) groups excluding carboxylic acids is 1. The summed E-state index contributed by atoms with van der Waals surface area (Å²) in [7, 11) is -4.37. The third kappa shape index (κ3) is 5.16. The Morgan fingerprint density at radius 3 is 2.40 bits per heavy atom. The lowest BCUT2D eigenvalue weighted by atomic mass is 10.0. The molecule has 7 heteroatoms. The number of ether oxygens (including phenoxy) is 1. The topological polar surface area (TPSA) is 96.8 Å². The molecule has 4 aromatic rings. The Bertz CT molecular complexity index is 1550. The highest BCUT2D eigenvalue weighted by atomic mass is 32.2. The van der Waals surface area contributed by atoms with E-state index >= 15 is 0 Å². The summed E-state index contributed by atoms with van der Waals surface area (Å²) >= 11 is 0. The molecule has 0 aliphatic carbocycles. The smallest absolute Gasteiger partial charge is 0.456 e. The van der Waals surface area contributed by atoms with E-state index in [9.17, 15) is 18.7 Å². The second kappa shape index (κ2) is 10.6. The largest absolute Gasteiger partial charge is 0.494 e. The Morgan fingerprint density at radius 2 is 1.60 bits per heavy atom. The predicted octanol–water partition coefficient (Wildman–Crippen LogP) is 6.24. The van der Waals surface area contributed by atoms with Crippen molar-refractivity contribution in [2.24, 2.45) is 0 Å². The minimum Gasteiger partial charge on any atom is -0.494 e. The maximum atomic E-state index is 13.3. The van der Waals surface area contributed by atoms with Crippen LogP contribution in [0.1, 0.15) is 43.0 Å². The van der Waals surface area contributed by atoms with Crippen LogP contribution in [0, 0.1) is 0 Å². The molecule has 0 saturated heterocycles. The fourth-order valence-corrected chi connectivity index (χ4v) is 5.26. The van der Waals surface area contributed by atoms with Crippen molar-refractivity contribution in [2.75, 3.05) is 6.61 Å². The van der Waals surface area contributed by atoms with Gasteiger partial charge in [0.15, 0.2) is 0 Å². The molecule has 0 aromatic heterocycles. The summed E-state index contributed by atoms with van der Waals surface area (Å²) in [5.41, 5.74) is 9.74. The quantitative estimate of drug-likeness (QED) is 0.0699. The average Bonchev–Trinajstić information content (AvgIpc) is 2.88. The minimum atomic E-state index is -4.37. The number of hydrogen-bond donors (Lipinski definition) is 0. The van der Waals surface area contributed by atoms with Gasteiger partial charge in [0.05, 0.1) is 11.5 Å². The van der Waals surface area contributed by atoms with E-state index in [1.54, 1.807) is 36.4 Å². The van der Waals surface area contributed by atoms with Gasteiger partial charge in [0, 0.05) is 5.56 Å². The van der Waals surface area contributed by atoms with Crippen LogP contribution >= 0.6 is 0 Å².